The van der Waals surface area contributed by atoms with Gasteiger partial charge in [-0.05, 0) is 6.92 Å². The molecule has 0 heterocycles. The van der Waals surface area contributed by atoms with Crippen molar-refractivity contribution in [2.45, 2.75) is 25.2 Å². The number of nitrogens with two attached hydrogens (primary N) is 1. The Kier molecular flexibility index (Phi) is 2.45. The molecule has 0 amide bonds. The molecule has 9 heavy (non-hydrogen) atoms. The van der Waals surface area contributed by atoms with Crippen LogP contribution in [0, 0.1) is 0 Å². The average molecular weight is 143 g/mol. The topological polar surface area (TPSA) is 46.2 Å². The molecule has 0 rings (SSSR count). The maximum absolute atomic E-state index is 11.4. The molecule has 5 heteroatoms. The van der Waals surface area contributed by atoms with Crippen molar-refractivity contribution in [2.24, 2.45) is 5.73 Å². The van der Waals surface area contributed by atoms with Gasteiger partial charge in [0.1, 0.15) is 6.04 Å². The normalized spacial score (nSPS) is 19.3. The van der Waals surface area contributed by atoms with Crippen LogP contribution >= 0.6 is 0 Å². The van der Waals surface area contributed by atoms with Crippen LogP contribution in [0.15, 0.2) is 0 Å². The van der Waals surface area contributed by atoms with Crippen molar-refractivity contribution in [3.63, 3.8) is 0 Å². The van der Waals surface area contributed by atoms with Crippen LogP contribution in [-0.2, 0) is 0 Å². The molecule has 0 saturated carbocycles. The number of rotatable bonds is 1. The Balaban J connectivity index is 3.88. The fraction of sp³-hybridized carbons (Fsp3) is 1.00. The zero-order valence-corrected chi connectivity index (χ0v) is 4.81. The number of hydrogen-bond donors (Lipinski definition) is 2. The summed E-state index contributed by atoms with van der Waals surface area (Å²) in [6.45, 7) is 0.998. The first kappa shape index (κ1) is 8.71. The summed E-state index contributed by atoms with van der Waals surface area (Å²) in [6, 6.07) is -2.13. The maximum Gasteiger partial charge on any atom is 0.406 e. The third-order valence-corrected chi connectivity index (χ3v) is 0.898. The van der Waals surface area contributed by atoms with Crippen molar-refractivity contribution >= 4 is 0 Å². The molecule has 2 atom stereocenters. The highest BCUT2D eigenvalue weighted by Crippen LogP contribution is 2.20. The van der Waals surface area contributed by atoms with E-state index in [2.05, 4.69) is 5.73 Å². The fourth-order valence-electron chi connectivity index (χ4n) is 0.273. The molecule has 0 spiro atoms. The first-order valence-electron chi connectivity index (χ1n) is 2.36. The van der Waals surface area contributed by atoms with Gasteiger partial charge in [0.15, 0.2) is 0 Å². The highest BCUT2D eigenvalue weighted by atomic mass is 19.4. The van der Waals surface area contributed by atoms with Crippen LogP contribution in [0.25, 0.3) is 0 Å². The van der Waals surface area contributed by atoms with Gasteiger partial charge in [0, 0.05) is 0 Å². The Hall–Kier alpha value is -0.290. The summed E-state index contributed by atoms with van der Waals surface area (Å²) in [4.78, 5) is 0. The van der Waals surface area contributed by atoms with E-state index in [4.69, 9.17) is 5.11 Å². The molecule has 3 N–H and O–H groups in total. The monoisotopic (exact) mass is 143 g/mol. The van der Waals surface area contributed by atoms with Gasteiger partial charge in [0.25, 0.3) is 0 Å². The predicted octanol–water partition coefficient (Wildman–Crippen LogP) is 0.257. The summed E-state index contributed by atoms with van der Waals surface area (Å²) in [5, 5.41) is 8.31. The molecule has 0 aromatic rings. The third kappa shape index (κ3) is 2.67. The largest absolute Gasteiger partial charge is 0.406 e. The molecular formula is C4H8F3NO. The van der Waals surface area contributed by atoms with E-state index >= 15 is 0 Å². The number of alkyl halides is 3. The van der Waals surface area contributed by atoms with Gasteiger partial charge in [-0.25, -0.2) is 0 Å². The molecular weight excluding hydrogens is 135 g/mol. The van der Waals surface area contributed by atoms with Crippen LogP contribution in [0.1, 0.15) is 6.92 Å². The second-order valence-corrected chi connectivity index (χ2v) is 1.81. The van der Waals surface area contributed by atoms with E-state index in [1.165, 1.54) is 0 Å². The van der Waals surface area contributed by atoms with Crippen molar-refractivity contribution in [3.05, 3.63) is 0 Å². The Morgan fingerprint density at radius 1 is 1.44 bits per heavy atom. The van der Waals surface area contributed by atoms with Crippen molar-refractivity contribution < 1.29 is 18.3 Å². The lowest BCUT2D eigenvalue weighted by molar-refractivity contribution is -0.166. The highest BCUT2D eigenvalue weighted by molar-refractivity contribution is 4.75. The van der Waals surface area contributed by atoms with Gasteiger partial charge in [-0.2, -0.15) is 13.2 Å². The standard InChI is InChI=1S/C4H8F3NO/c1-2(9)3(8)4(5,6)7/h2-3,9H,8H2,1H3/t2-,3?/m0/s1. The zero-order valence-electron chi connectivity index (χ0n) is 4.81. The molecule has 0 aromatic carbocycles. The van der Waals surface area contributed by atoms with Crippen molar-refractivity contribution in [1.82, 2.24) is 0 Å². The maximum atomic E-state index is 11.4. The summed E-state index contributed by atoms with van der Waals surface area (Å²) in [7, 11) is 0. The minimum absolute atomic E-state index is 0.998. The average Bonchev–Trinajstić information content (AvgIpc) is 1.62. The summed E-state index contributed by atoms with van der Waals surface area (Å²) in [5.74, 6) is 0. The quantitative estimate of drug-likeness (QED) is 0.553. The Labute approximate surface area is 50.5 Å². The molecule has 0 aromatic heterocycles. The second kappa shape index (κ2) is 2.53. The van der Waals surface area contributed by atoms with Gasteiger partial charge in [0.2, 0.25) is 0 Å². The molecule has 2 nitrogen and oxygen atoms in total. The van der Waals surface area contributed by atoms with Gasteiger partial charge in [-0.3, -0.25) is 0 Å². The van der Waals surface area contributed by atoms with Gasteiger partial charge < -0.3 is 10.8 Å². The SMILES string of the molecule is C[C@H](O)C(N)C(F)(F)F. The lowest BCUT2D eigenvalue weighted by Crippen LogP contribution is -2.45. The molecule has 1 unspecified atom stereocenters. The third-order valence-electron chi connectivity index (χ3n) is 0.898. The summed E-state index contributed by atoms with van der Waals surface area (Å²) >= 11 is 0. The first-order chi connectivity index (χ1) is 3.85. The number of aliphatic hydroxyl groups is 1. The molecule has 0 radical (unpaired) electrons. The van der Waals surface area contributed by atoms with E-state index in [1.807, 2.05) is 0 Å². The second-order valence-electron chi connectivity index (χ2n) is 1.81. The lowest BCUT2D eigenvalue weighted by atomic mass is 10.2. The number of halogens is 3. The van der Waals surface area contributed by atoms with Gasteiger partial charge in [0.05, 0.1) is 6.10 Å². The Morgan fingerprint density at radius 3 is 1.78 bits per heavy atom. The summed E-state index contributed by atoms with van der Waals surface area (Å²) < 4.78 is 34.2. The van der Waals surface area contributed by atoms with E-state index in [-0.39, 0.29) is 0 Å². The first-order valence-corrected chi connectivity index (χ1v) is 2.36. The molecule has 0 fully saturated rings. The van der Waals surface area contributed by atoms with Crippen LogP contribution in [0.4, 0.5) is 13.2 Å². The van der Waals surface area contributed by atoms with Crippen LogP contribution in [0.3, 0.4) is 0 Å². The highest BCUT2D eigenvalue weighted by Gasteiger charge is 2.39. The molecule has 0 bridgehead atoms. The minimum atomic E-state index is -4.49. The van der Waals surface area contributed by atoms with E-state index in [1.54, 1.807) is 0 Å². The van der Waals surface area contributed by atoms with Crippen LogP contribution < -0.4 is 5.73 Å². The van der Waals surface area contributed by atoms with Crippen LogP contribution in [-0.4, -0.2) is 23.4 Å². The minimum Gasteiger partial charge on any atom is -0.391 e. The molecule has 0 aliphatic heterocycles. The van der Waals surface area contributed by atoms with Crippen molar-refractivity contribution in [2.75, 3.05) is 0 Å². The van der Waals surface area contributed by atoms with Crippen LogP contribution in [0.2, 0.25) is 0 Å². The molecule has 0 aliphatic rings. The number of hydrogen-bond acceptors (Lipinski definition) is 2. The van der Waals surface area contributed by atoms with Gasteiger partial charge in [-0.1, -0.05) is 0 Å². The Bertz CT molecular complexity index is 90.3. The lowest BCUT2D eigenvalue weighted by Gasteiger charge is -2.17. The van der Waals surface area contributed by atoms with E-state index in [9.17, 15) is 13.2 Å². The van der Waals surface area contributed by atoms with E-state index in [0.29, 0.717) is 0 Å². The molecule has 0 saturated heterocycles. The van der Waals surface area contributed by atoms with Crippen molar-refractivity contribution in [1.29, 1.82) is 0 Å². The molecule has 0 aliphatic carbocycles. The van der Waals surface area contributed by atoms with Crippen LogP contribution in [0.5, 0.6) is 0 Å². The number of aliphatic hydroxyl groups excluding tert-OH is 1. The van der Waals surface area contributed by atoms with Gasteiger partial charge >= 0.3 is 6.18 Å². The predicted molar refractivity (Wildman–Crippen MR) is 25.7 cm³/mol. The Morgan fingerprint density at radius 2 is 1.78 bits per heavy atom. The van der Waals surface area contributed by atoms with Crippen molar-refractivity contribution in [3.8, 4) is 0 Å². The summed E-state index contributed by atoms with van der Waals surface area (Å²) in [6.07, 6.45) is -6.03. The smallest absolute Gasteiger partial charge is 0.391 e. The molecule has 56 valence electrons. The zero-order chi connectivity index (χ0) is 7.65. The van der Waals surface area contributed by atoms with E-state index in [0.717, 1.165) is 6.92 Å². The van der Waals surface area contributed by atoms with Gasteiger partial charge in [-0.15, -0.1) is 0 Å². The van der Waals surface area contributed by atoms with E-state index < -0.39 is 18.3 Å². The summed E-state index contributed by atoms with van der Waals surface area (Å²) in [5.41, 5.74) is 4.52. The fourth-order valence-corrected chi connectivity index (χ4v) is 0.273.